The lowest BCUT2D eigenvalue weighted by atomic mass is 9.60. The third-order valence-electron chi connectivity index (χ3n) is 7.91. The monoisotopic (exact) mass is 572 g/mol. The Morgan fingerprint density at radius 2 is 1.92 bits per heavy atom. The van der Waals surface area contributed by atoms with Crippen molar-refractivity contribution in [1.82, 2.24) is 20.3 Å². The van der Waals surface area contributed by atoms with E-state index in [1.807, 2.05) is 6.07 Å². The summed E-state index contributed by atoms with van der Waals surface area (Å²) in [5, 5.41) is 12.1. The normalized spacial score (nSPS) is 18.6. The van der Waals surface area contributed by atoms with Gasteiger partial charge in [-0.25, -0.2) is 32.9 Å². The number of halogens is 1. The summed E-state index contributed by atoms with van der Waals surface area (Å²) in [6.45, 7) is 10.0. The minimum absolute atomic E-state index is 0.0515. The summed E-state index contributed by atoms with van der Waals surface area (Å²) in [6.07, 6.45) is 6.52. The Balaban J connectivity index is 1.51. The van der Waals surface area contributed by atoms with Crippen LogP contribution in [-0.2, 0) is 15.4 Å². The van der Waals surface area contributed by atoms with Crippen LogP contribution in [0.4, 0.5) is 10.3 Å². The molecular formula is C28H37FN6O2S2. The molecule has 11 heteroatoms. The maximum atomic E-state index is 16.0. The number of hydrogen-bond acceptors (Lipinski definition) is 8. The van der Waals surface area contributed by atoms with Gasteiger partial charge in [0.25, 0.3) is 0 Å². The molecule has 8 nitrogen and oxygen atoms in total. The summed E-state index contributed by atoms with van der Waals surface area (Å²) in [4.78, 5) is 14.9. The molecule has 0 amide bonds. The van der Waals surface area contributed by atoms with Crippen molar-refractivity contribution < 1.29 is 12.8 Å². The van der Waals surface area contributed by atoms with E-state index in [0.29, 0.717) is 33.7 Å². The van der Waals surface area contributed by atoms with Crippen LogP contribution in [0.5, 0.6) is 0 Å². The molecule has 2 aliphatic rings. The number of nitrogens with one attached hydrogen (secondary N) is 2. The van der Waals surface area contributed by atoms with Gasteiger partial charge in [0.2, 0.25) is 16.0 Å². The highest BCUT2D eigenvalue weighted by atomic mass is 32.2. The van der Waals surface area contributed by atoms with Gasteiger partial charge in [0.1, 0.15) is 11.1 Å². The van der Waals surface area contributed by atoms with Gasteiger partial charge in [0, 0.05) is 28.8 Å². The summed E-state index contributed by atoms with van der Waals surface area (Å²) in [6, 6.07) is 6.91. The van der Waals surface area contributed by atoms with Crippen molar-refractivity contribution >= 4 is 27.3 Å². The fraction of sp³-hybridized carbons (Fsp3) is 0.536. The van der Waals surface area contributed by atoms with Crippen molar-refractivity contribution in [3.8, 4) is 21.8 Å². The lowest BCUT2D eigenvalue weighted by molar-refractivity contribution is 0.0715. The lowest BCUT2D eigenvalue weighted by Gasteiger charge is -2.50. The smallest absolute Gasteiger partial charge is 0.223 e. The number of sulfonamides is 1. The summed E-state index contributed by atoms with van der Waals surface area (Å²) in [5.74, 6) is -0.0769. The molecule has 2 aromatic heterocycles. The first-order valence-electron chi connectivity index (χ1n) is 13.5. The van der Waals surface area contributed by atoms with Gasteiger partial charge in [-0.15, -0.1) is 11.3 Å². The Labute approximate surface area is 234 Å². The van der Waals surface area contributed by atoms with Gasteiger partial charge in [-0.1, -0.05) is 39.8 Å². The molecule has 1 unspecified atom stereocenters. The second kappa shape index (κ2) is 10.5. The van der Waals surface area contributed by atoms with Crippen molar-refractivity contribution in [2.24, 2.45) is 10.6 Å². The number of piperidine rings is 1. The van der Waals surface area contributed by atoms with Crippen LogP contribution in [0.1, 0.15) is 75.6 Å². The molecule has 1 spiro atoms. The highest BCUT2D eigenvalue weighted by Crippen LogP contribution is 2.49. The van der Waals surface area contributed by atoms with Gasteiger partial charge in [-0.3, -0.25) is 0 Å². The Kier molecular flexibility index (Phi) is 7.56. The number of thiazole rings is 1. The molecule has 1 aliphatic heterocycles. The number of nitrogens with zero attached hydrogens (tertiary/aromatic N) is 3. The molecule has 1 saturated heterocycles. The quantitative estimate of drug-likeness (QED) is 0.347. The predicted octanol–water partition coefficient (Wildman–Crippen LogP) is 5.39. The van der Waals surface area contributed by atoms with Crippen LogP contribution in [0.25, 0.3) is 21.8 Å². The Bertz CT molecular complexity index is 1450. The molecule has 0 bridgehead atoms. The zero-order chi connectivity index (χ0) is 28.0. The summed E-state index contributed by atoms with van der Waals surface area (Å²) in [5.41, 5.74) is 1.53. The van der Waals surface area contributed by atoms with Crippen LogP contribution in [-0.4, -0.2) is 42.5 Å². The lowest BCUT2D eigenvalue weighted by Crippen LogP contribution is -2.50. The summed E-state index contributed by atoms with van der Waals surface area (Å²) < 4.78 is 40.4. The third kappa shape index (κ3) is 5.73. The number of hydrogen-bond donors (Lipinski definition) is 3. The highest BCUT2D eigenvalue weighted by Gasteiger charge is 2.44. The largest absolute Gasteiger partial charge is 0.351 e. The molecule has 4 N–H and O–H groups in total. The van der Waals surface area contributed by atoms with Crippen molar-refractivity contribution in [1.29, 1.82) is 0 Å². The molecular weight excluding hydrogens is 535 g/mol. The molecule has 1 saturated carbocycles. The zero-order valence-corrected chi connectivity index (χ0v) is 24.6. The van der Waals surface area contributed by atoms with Crippen molar-refractivity contribution in [2.45, 2.75) is 76.5 Å². The SMILES string of the molecule is CCC(c1cccc(-c2nc(C(C)(C)C)sc2-c2ccnc(NC3CC4(CCNCC4)C3)n2)c1F)S(N)(=O)=O. The van der Waals surface area contributed by atoms with Crippen LogP contribution < -0.4 is 15.8 Å². The molecule has 39 heavy (non-hydrogen) atoms. The Hall–Kier alpha value is -2.47. The number of benzene rings is 1. The minimum atomic E-state index is -3.98. The van der Waals surface area contributed by atoms with Crippen LogP contribution >= 0.6 is 11.3 Å². The maximum Gasteiger partial charge on any atom is 0.223 e. The number of anilines is 1. The van der Waals surface area contributed by atoms with Gasteiger partial charge in [-0.05, 0) is 62.7 Å². The first-order chi connectivity index (χ1) is 18.4. The fourth-order valence-corrected chi connectivity index (χ4v) is 7.91. The molecule has 2 fully saturated rings. The van der Waals surface area contributed by atoms with E-state index >= 15 is 4.39 Å². The van der Waals surface area contributed by atoms with E-state index in [0.717, 1.165) is 30.9 Å². The van der Waals surface area contributed by atoms with Gasteiger partial charge < -0.3 is 10.6 Å². The van der Waals surface area contributed by atoms with Gasteiger partial charge in [0.15, 0.2) is 0 Å². The molecule has 5 rings (SSSR count). The molecule has 210 valence electrons. The van der Waals surface area contributed by atoms with E-state index in [9.17, 15) is 8.42 Å². The second-order valence-electron chi connectivity index (χ2n) is 11.9. The highest BCUT2D eigenvalue weighted by molar-refractivity contribution is 7.89. The van der Waals surface area contributed by atoms with E-state index in [1.54, 1.807) is 25.3 Å². The molecule has 3 aromatic rings. The summed E-state index contributed by atoms with van der Waals surface area (Å²) in [7, 11) is -3.98. The number of nitrogens with two attached hydrogens (primary N) is 1. The third-order valence-corrected chi connectivity index (χ3v) is 10.8. The Morgan fingerprint density at radius 1 is 1.21 bits per heavy atom. The van der Waals surface area contributed by atoms with Gasteiger partial charge >= 0.3 is 0 Å². The first kappa shape index (κ1) is 28.1. The van der Waals surface area contributed by atoms with Crippen LogP contribution in [0.2, 0.25) is 0 Å². The first-order valence-corrected chi connectivity index (χ1v) is 16.0. The van der Waals surface area contributed by atoms with E-state index in [4.69, 9.17) is 15.1 Å². The van der Waals surface area contributed by atoms with Gasteiger partial charge in [-0.2, -0.15) is 0 Å². The molecule has 1 aromatic carbocycles. The molecule has 1 atom stereocenters. The van der Waals surface area contributed by atoms with Crippen molar-refractivity contribution in [3.05, 3.63) is 46.9 Å². The van der Waals surface area contributed by atoms with E-state index in [1.165, 1.54) is 30.2 Å². The van der Waals surface area contributed by atoms with Crippen LogP contribution in [0, 0.1) is 11.2 Å². The van der Waals surface area contributed by atoms with E-state index in [-0.39, 0.29) is 23.0 Å². The number of rotatable bonds is 7. The van der Waals surface area contributed by atoms with E-state index < -0.39 is 21.1 Å². The fourth-order valence-electron chi connectivity index (χ4n) is 5.80. The maximum absolute atomic E-state index is 16.0. The Morgan fingerprint density at radius 3 is 2.56 bits per heavy atom. The second-order valence-corrected chi connectivity index (χ2v) is 14.7. The van der Waals surface area contributed by atoms with Crippen LogP contribution in [0.3, 0.4) is 0 Å². The van der Waals surface area contributed by atoms with Gasteiger partial charge in [0.05, 0.1) is 21.3 Å². The average Bonchev–Trinajstić information content (AvgIpc) is 3.31. The predicted molar refractivity (Wildman–Crippen MR) is 155 cm³/mol. The van der Waals surface area contributed by atoms with Crippen LogP contribution in [0.15, 0.2) is 30.5 Å². The topological polar surface area (TPSA) is 123 Å². The van der Waals surface area contributed by atoms with E-state index in [2.05, 4.69) is 36.4 Å². The molecule has 3 heterocycles. The minimum Gasteiger partial charge on any atom is -0.351 e. The van der Waals surface area contributed by atoms with Crippen molar-refractivity contribution in [2.75, 3.05) is 18.4 Å². The standard InChI is InChI=1S/C28H37FN6O2S2/c1-5-21(39(30,36)37)18-7-6-8-19(22(18)29)23-24(38-25(35-23)27(2,3)4)20-9-12-32-26(34-20)33-17-15-28(16-17)10-13-31-14-11-28/h6-9,12,17,21,31H,5,10-11,13-16H2,1-4H3,(H2,30,36,37)(H,32,33,34). The molecule has 0 radical (unpaired) electrons. The van der Waals surface area contributed by atoms with Crippen molar-refractivity contribution in [3.63, 3.8) is 0 Å². The zero-order valence-electron chi connectivity index (χ0n) is 22.9. The number of aromatic nitrogens is 3. The summed E-state index contributed by atoms with van der Waals surface area (Å²) >= 11 is 1.47. The average molecular weight is 573 g/mol. The molecule has 1 aliphatic carbocycles. The number of primary sulfonamides is 1.